The number of nitrogens with one attached hydrogen (secondary N) is 3. The molecule has 0 aliphatic rings. The highest BCUT2D eigenvalue weighted by atomic mass is 32.1. The fourth-order valence-corrected chi connectivity index (χ4v) is 3.27. The van der Waals surface area contributed by atoms with E-state index in [1.165, 1.54) is 29.2 Å². The van der Waals surface area contributed by atoms with E-state index in [0.29, 0.717) is 17.2 Å². The van der Waals surface area contributed by atoms with Crippen LogP contribution in [0, 0.1) is 13.8 Å². The minimum Gasteiger partial charge on any atom is -0.328 e. The first-order valence-corrected chi connectivity index (χ1v) is 9.61. The molecule has 3 rings (SSSR count). The summed E-state index contributed by atoms with van der Waals surface area (Å²) in [7, 11) is 0. The molecule has 28 heavy (non-hydrogen) atoms. The molecular formula is C20H20N4O3S. The highest BCUT2D eigenvalue weighted by molar-refractivity contribution is 7.14. The Morgan fingerprint density at radius 1 is 1.14 bits per heavy atom. The number of aromatic nitrogens is 2. The summed E-state index contributed by atoms with van der Waals surface area (Å²) in [5, 5.41) is 7.65. The van der Waals surface area contributed by atoms with Gasteiger partial charge in [-0.2, -0.15) is 0 Å². The Morgan fingerprint density at radius 3 is 2.71 bits per heavy atom. The predicted molar refractivity (Wildman–Crippen MR) is 110 cm³/mol. The maximum Gasteiger partial charge on any atom is 0.263 e. The highest BCUT2D eigenvalue weighted by Crippen LogP contribution is 2.18. The van der Waals surface area contributed by atoms with Gasteiger partial charge in [0, 0.05) is 23.7 Å². The number of aromatic amines is 1. The van der Waals surface area contributed by atoms with Gasteiger partial charge >= 0.3 is 0 Å². The summed E-state index contributed by atoms with van der Waals surface area (Å²) < 4.78 is 0. The van der Waals surface area contributed by atoms with Crippen LogP contribution in [0.2, 0.25) is 0 Å². The van der Waals surface area contributed by atoms with Crippen LogP contribution in [0.4, 0.5) is 10.8 Å². The summed E-state index contributed by atoms with van der Waals surface area (Å²) in [6, 6.07) is 8.81. The van der Waals surface area contributed by atoms with E-state index in [9.17, 15) is 14.4 Å². The molecule has 8 heteroatoms. The number of carbonyl (C=O) groups is 2. The van der Waals surface area contributed by atoms with Gasteiger partial charge in [0.25, 0.3) is 11.5 Å². The lowest BCUT2D eigenvalue weighted by Gasteiger charge is -2.07. The summed E-state index contributed by atoms with van der Waals surface area (Å²) in [4.78, 5) is 42.7. The molecule has 2 aromatic heterocycles. The fraction of sp³-hybridized carbons (Fsp3) is 0.200. The van der Waals surface area contributed by atoms with Crippen LogP contribution in [0.25, 0.3) is 0 Å². The monoisotopic (exact) mass is 396 g/mol. The molecule has 7 nitrogen and oxygen atoms in total. The second-order valence-electron chi connectivity index (χ2n) is 6.36. The van der Waals surface area contributed by atoms with Crippen LogP contribution in [0.5, 0.6) is 0 Å². The molecular weight excluding hydrogens is 376 g/mol. The zero-order chi connectivity index (χ0) is 20.1. The highest BCUT2D eigenvalue weighted by Gasteiger charge is 2.13. The van der Waals surface area contributed by atoms with E-state index in [4.69, 9.17) is 0 Å². The lowest BCUT2D eigenvalue weighted by atomic mass is 10.1. The average molecular weight is 396 g/mol. The quantitative estimate of drug-likeness (QED) is 0.595. The number of hydrogen-bond acceptors (Lipinski definition) is 5. The maximum absolute atomic E-state index is 12.1. The zero-order valence-electron chi connectivity index (χ0n) is 15.5. The predicted octanol–water partition coefficient (Wildman–Crippen LogP) is 3.27. The standard InChI is InChI=1S/C20H20N4O3S/c1-12-5-6-14(10-13(12)2)22-17(25)8-7-15-11-28-20(23-15)24-19(27)16-4-3-9-21-18(16)26/h3-6,9-11H,7-8H2,1-2H3,(H,21,26)(H,22,25)(H,23,24,27). The Kier molecular flexibility index (Phi) is 6.00. The number of benzene rings is 1. The van der Waals surface area contributed by atoms with Gasteiger partial charge in [-0.25, -0.2) is 4.98 Å². The largest absolute Gasteiger partial charge is 0.328 e. The molecule has 0 saturated carbocycles. The number of amides is 2. The molecule has 3 aromatic rings. The van der Waals surface area contributed by atoms with E-state index in [0.717, 1.165) is 11.3 Å². The molecule has 0 aliphatic carbocycles. The van der Waals surface area contributed by atoms with Gasteiger partial charge in [0.2, 0.25) is 5.91 Å². The van der Waals surface area contributed by atoms with Crippen LogP contribution in [-0.2, 0) is 11.2 Å². The Labute approximate surface area is 165 Å². The van der Waals surface area contributed by atoms with Gasteiger partial charge in [-0.15, -0.1) is 11.3 Å². The van der Waals surface area contributed by atoms with Gasteiger partial charge in [0.15, 0.2) is 5.13 Å². The Balaban J connectivity index is 1.53. The van der Waals surface area contributed by atoms with Crippen molar-refractivity contribution >= 4 is 34.0 Å². The second kappa shape index (κ2) is 8.62. The van der Waals surface area contributed by atoms with Crippen molar-refractivity contribution in [3.05, 3.63) is 74.6 Å². The molecule has 0 saturated heterocycles. The zero-order valence-corrected chi connectivity index (χ0v) is 16.4. The van der Waals surface area contributed by atoms with Crippen LogP contribution in [0.15, 0.2) is 46.7 Å². The maximum atomic E-state index is 12.1. The summed E-state index contributed by atoms with van der Waals surface area (Å²) in [6.45, 7) is 4.02. The molecule has 1 aromatic carbocycles. The molecule has 0 unspecified atom stereocenters. The SMILES string of the molecule is Cc1ccc(NC(=O)CCc2csc(NC(=O)c3ccc[nH]c3=O)n2)cc1C. The number of carbonyl (C=O) groups excluding carboxylic acids is 2. The van der Waals surface area contributed by atoms with Crippen molar-refractivity contribution in [2.45, 2.75) is 26.7 Å². The van der Waals surface area contributed by atoms with E-state index in [1.54, 1.807) is 11.4 Å². The Morgan fingerprint density at radius 2 is 1.96 bits per heavy atom. The normalized spacial score (nSPS) is 10.5. The third-order valence-corrected chi connectivity index (χ3v) is 5.04. The van der Waals surface area contributed by atoms with E-state index in [1.807, 2.05) is 32.0 Å². The van der Waals surface area contributed by atoms with Gasteiger partial charge in [-0.1, -0.05) is 6.07 Å². The molecule has 0 atom stereocenters. The molecule has 3 N–H and O–H groups in total. The van der Waals surface area contributed by atoms with Gasteiger partial charge in [0.1, 0.15) is 5.56 Å². The number of pyridine rings is 1. The topological polar surface area (TPSA) is 104 Å². The van der Waals surface area contributed by atoms with Crippen LogP contribution in [0.1, 0.15) is 33.6 Å². The molecule has 0 fully saturated rings. The van der Waals surface area contributed by atoms with E-state index in [-0.39, 0.29) is 17.9 Å². The number of hydrogen-bond donors (Lipinski definition) is 3. The Bertz CT molecular complexity index is 1070. The number of H-pyrrole nitrogens is 1. The molecule has 2 amide bonds. The fourth-order valence-electron chi connectivity index (χ4n) is 2.53. The van der Waals surface area contributed by atoms with E-state index < -0.39 is 11.5 Å². The second-order valence-corrected chi connectivity index (χ2v) is 7.22. The van der Waals surface area contributed by atoms with Crippen LogP contribution in [0.3, 0.4) is 0 Å². The summed E-state index contributed by atoms with van der Waals surface area (Å²) in [5.74, 6) is -0.618. The van der Waals surface area contributed by atoms with Crippen LogP contribution >= 0.6 is 11.3 Å². The molecule has 144 valence electrons. The summed E-state index contributed by atoms with van der Waals surface area (Å²) >= 11 is 1.25. The molecule has 0 bridgehead atoms. The average Bonchev–Trinajstić information content (AvgIpc) is 3.11. The minimum atomic E-state index is -0.518. The summed E-state index contributed by atoms with van der Waals surface area (Å²) in [6.07, 6.45) is 2.20. The molecule has 0 aliphatic heterocycles. The summed E-state index contributed by atoms with van der Waals surface area (Å²) in [5.41, 5.74) is 3.33. The lowest BCUT2D eigenvalue weighted by molar-refractivity contribution is -0.116. The number of anilines is 2. The van der Waals surface area contributed by atoms with Gasteiger partial charge in [-0.05, 0) is 55.7 Å². The number of rotatable bonds is 6. The lowest BCUT2D eigenvalue weighted by Crippen LogP contribution is -2.22. The first-order chi connectivity index (χ1) is 13.4. The minimum absolute atomic E-state index is 0.0204. The first kappa shape index (κ1) is 19.5. The van der Waals surface area contributed by atoms with Crippen molar-refractivity contribution in [3.63, 3.8) is 0 Å². The molecule has 0 radical (unpaired) electrons. The smallest absolute Gasteiger partial charge is 0.263 e. The van der Waals surface area contributed by atoms with Crippen molar-refractivity contribution in [3.8, 4) is 0 Å². The van der Waals surface area contributed by atoms with Crippen molar-refractivity contribution in [2.75, 3.05) is 10.6 Å². The van der Waals surface area contributed by atoms with Crippen molar-refractivity contribution < 1.29 is 9.59 Å². The van der Waals surface area contributed by atoms with Crippen molar-refractivity contribution in [1.29, 1.82) is 0 Å². The van der Waals surface area contributed by atoms with Crippen molar-refractivity contribution in [2.24, 2.45) is 0 Å². The van der Waals surface area contributed by atoms with Crippen LogP contribution in [-0.4, -0.2) is 21.8 Å². The van der Waals surface area contributed by atoms with E-state index in [2.05, 4.69) is 20.6 Å². The third kappa shape index (κ3) is 4.92. The number of thiazole rings is 1. The number of nitrogens with zero attached hydrogens (tertiary/aromatic N) is 1. The third-order valence-electron chi connectivity index (χ3n) is 4.23. The Hall–Kier alpha value is -3.26. The van der Waals surface area contributed by atoms with Gasteiger partial charge < -0.3 is 10.3 Å². The molecule has 0 spiro atoms. The van der Waals surface area contributed by atoms with Gasteiger partial charge in [0.05, 0.1) is 5.69 Å². The van der Waals surface area contributed by atoms with E-state index >= 15 is 0 Å². The van der Waals surface area contributed by atoms with Gasteiger partial charge in [-0.3, -0.25) is 19.7 Å². The van der Waals surface area contributed by atoms with Crippen molar-refractivity contribution in [1.82, 2.24) is 9.97 Å². The number of aryl methyl sites for hydroxylation is 3. The first-order valence-electron chi connectivity index (χ1n) is 8.73. The molecule has 2 heterocycles. The van der Waals surface area contributed by atoms with Crippen LogP contribution < -0.4 is 16.2 Å².